The molecule has 0 radical (unpaired) electrons. The van der Waals surface area contributed by atoms with Crippen molar-refractivity contribution in [2.45, 2.75) is 25.2 Å². The Bertz CT molecular complexity index is 517. The van der Waals surface area contributed by atoms with Gasteiger partial charge in [-0.05, 0) is 19.1 Å². The van der Waals surface area contributed by atoms with Gasteiger partial charge in [-0.15, -0.1) is 0 Å². The quantitative estimate of drug-likeness (QED) is 0.704. The van der Waals surface area contributed by atoms with E-state index in [0.717, 1.165) is 0 Å². The molecule has 0 saturated heterocycles. The average Bonchev–Trinajstić information content (AvgIpc) is 2.43. The van der Waals surface area contributed by atoms with E-state index < -0.39 is 36.7 Å². The lowest BCUT2D eigenvalue weighted by molar-refractivity contribution is -0.145. The average molecular weight is 281 g/mol. The minimum absolute atomic E-state index is 0.418. The normalized spacial score (nSPS) is 21.9. The Kier molecular flexibility index (Phi) is 4.09. The Hall–Kier alpha value is -2.28. The number of fused-ring (bicyclic) bond motifs is 1. The van der Waals surface area contributed by atoms with Crippen LogP contribution in [-0.4, -0.2) is 46.9 Å². The van der Waals surface area contributed by atoms with Crippen LogP contribution in [0.25, 0.3) is 0 Å². The summed E-state index contributed by atoms with van der Waals surface area (Å²) in [6.45, 7) is 0.953. The Morgan fingerprint density at radius 2 is 1.90 bits per heavy atom. The number of ether oxygens (including phenoxy) is 2. The van der Waals surface area contributed by atoms with Gasteiger partial charge in [0.1, 0.15) is 12.1 Å². The third-order valence-electron chi connectivity index (χ3n) is 2.90. The van der Waals surface area contributed by atoms with Crippen LogP contribution in [0.3, 0.4) is 0 Å². The third kappa shape index (κ3) is 2.83. The second-order valence-corrected chi connectivity index (χ2v) is 4.39. The van der Waals surface area contributed by atoms with Gasteiger partial charge in [-0.25, -0.2) is 4.79 Å². The van der Waals surface area contributed by atoms with Crippen LogP contribution in [0.15, 0.2) is 24.3 Å². The number of carboxylic acids is 1. The summed E-state index contributed by atoms with van der Waals surface area (Å²) >= 11 is 0. The fourth-order valence-corrected chi connectivity index (χ4v) is 1.85. The van der Waals surface area contributed by atoms with E-state index in [2.05, 4.69) is 5.32 Å². The number of aliphatic carboxylic acids is 1. The second kappa shape index (κ2) is 5.79. The Morgan fingerprint density at radius 3 is 2.45 bits per heavy atom. The van der Waals surface area contributed by atoms with E-state index in [1.165, 1.54) is 0 Å². The van der Waals surface area contributed by atoms with Gasteiger partial charge in [-0.1, -0.05) is 12.1 Å². The fraction of sp³-hybridized carbons (Fsp3) is 0.385. The second-order valence-electron chi connectivity index (χ2n) is 4.39. The van der Waals surface area contributed by atoms with Gasteiger partial charge >= 0.3 is 5.97 Å². The number of rotatable bonds is 4. The van der Waals surface area contributed by atoms with Crippen LogP contribution in [0.5, 0.6) is 11.5 Å². The zero-order valence-electron chi connectivity index (χ0n) is 10.8. The van der Waals surface area contributed by atoms with Crippen LogP contribution < -0.4 is 14.8 Å². The van der Waals surface area contributed by atoms with Gasteiger partial charge in [-0.2, -0.15) is 0 Å². The van der Waals surface area contributed by atoms with Crippen molar-refractivity contribution < 1.29 is 29.3 Å². The van der Waals surface area contributed by atoms with E-state index in [-0.39, 0.29) is 0 Å². The van der Waals surface area contributed by atoms with Crippen molar-refractivity contribution >= 4 is 11.9 Å². The van der Waals surface area contributed by atoms with Gasteiger partial charge in [0.2, 0.25) is 6.10 Å². The number of amides is 1. The lowest BCUT2D eigenvalue weighted by Gasteiger charge is -2.31. The van der Waals surface area contributed by atoms with Crippen LogP contribution in [0.4, 0.5) is 0 Å². The van der Waals surface area contributed by atoms with Crippen molar-refractivity contribution in [1.82, 2.24) is 5.32 Å². The highest BCUT2D eigenvalue weighted by molar-refractivity contribution is 5.87. The number of carbonyl (C=O) groups excluding carboxylic acids is 1. The number of para-hydroxylation sites is 2. The molecule has 1 aromatic rings. The van der Waals surface area contributed by atoms with E-state index in [9.17, 15) is 9.59 Å². The first-order chi connectivity index (χ1) is 9.52. The topological polar surface area (TPSA) is 105 Å². The minimum Gasteiger partial charge on any atom is -0.482 e. The number of hydrogen-bond acceptors (Lipinski definition) is 5. The molecule has 1 amide bonds. The van der Waals surface area contributed by atoms with Crippen LogP contribution in [0.1, 0.15) is 6.92 Å². The predicted molar refractivity (Wildman–Crippen MR) is 67.6 cm³/mol. The molecule has 2 unspecified atom stereocenters. The molecule has 3 atom stereocenters. The van der Waals surface area contributed by atoms with Crippen molar-refractivity contribution in [2.24, 2.45) is 0 Å². The Morgan fingerprint density at radius 1 is 1.30 bits per heavy atom. The number of hydrogen-bond donors (Lipinski definition) is 3. The van der Waals surface area contributed by atoms with Crippen molar-refractivity contribution in [2.75, 3.05) is 6.61 Å². The van der Waals surface area contributed by atoms with Crippen LogP contribution in [-0.2, 0) is 9.59 Å². The maximum absolute atomic E-state index is 12.0. The van der Waals surface area contributed by atoms with Crippen LogP contribution >= 0.6 is 0 Å². The minimum atomic E-state index is -1.37. The first-order valence-corrected chi connectivity index (χ1v) is 6.09. The number of benzene rings is 1. The lowest BCUT2D eigenvalue weighted by atomic mass is 10.1. The molecule has 1 aliphatic rings. The molecule has 0 bridgehead atoms. The van der Waals surface area contributed by atoms with Gasteiger partial charge in [0, 0.05) is 0 Å². The zero-order chi connectivity index (χ0) is 14.7. The summed E-state index contributed by atoms with van der Waals surface area (Å²) in [6.07, 6.45) is -1.55. The Labute approximate surface area is 115 Å². The SMILES string of the molecule is CC1Oc2ccccc2OC1C(=O)N[C@H](CO)C(=O)O. The van der Waals surface area contributed by atoms with E-state index >= 15 is 0 Å². The molecule has 1 heterocycles. The molecule has 0 saturated carbocycles. The van der Waals surface area contributed by atoms with Gasteiger partial charge in [0.25, 0.3) is 5.91 Å². The molecular weight excluding hydrogens is 266 g/mol. The fourth-order valence-electron chi connectivity index (χ4n) is 1.85. The predicted octanol–water partition coefficient (Wildman–Crippen LogP) is -0.223. The smallest absolute Gasteiger partial charge is 0.328 e. The van der Waals surface area contributed by atoms with E-state index in [1.54, 1.807) is 31.2 Å². The van der Waals surface area contributed by atoms with E-state index in [4.69, 9.17) is 19.7 Å². The Balaban J connectivity index is 2.10. The van der Waals surface area contributed by atoms with Gasteiger partial charge in [0.15, 0.2) is 11.5 Å². The molecular formula is C13H15NO6. The molecule has 1 aromatic carbocycles. The molecule has 2 rings (SSSR count). The molecule has 7 nitrogen and oxygen atoms in total. The van der Waals surface area contributed by atoms with Crippen LogP contribution in [0, 0.1) is 0 Å². The molecule has 0 spiro atoms. The first-order valence-electron chi connectivity index (χ1n) is 6.09. The van der Waals surface area contributed by atoms with Gasteiger partial charge in [0.05, 0.1) is 6.61 Å². The monoisotopic (exact) mass is 281 g/mol. The van der Waals surface area contributed by atoms with Gasteiger partial charge < -0.3 is 25.0 Å². The highest BCUT2D eigenvalue weighted by atomic mass is 16.6. The lowest BCUT2D eigenvalue weighted by Crippen LogP contribution is -2.54. The summed E-state index contributed by atoms with van der Waals surface area (Å²) in [5.41, 5.74) is 0. The molecule has 7 heteroatoms. The number of carbonyl (C=O) groups is 2. The van der Waals surface area contributed by atoms with E-state index in [0.29, 0.717) is 11.5 Å². The first kappa shape index (κ1) is 14.1. The largest absolute Gasteiger partial charge is 0.482 e. The van der Waals surface area contributed by atoms with E-state index in [1.807, 2.05) is 0 Å². The number of carboxylic acid groups (broad SMARTS) is 1. The molecule has 20 heavy (non-hydrogen) atoms. The summed E-state index contributed by atoms with van der Waals surface area (Å²) in [7, 11) is 0. The van der Waals surface area contributed by atoms with Crippen molar-refractivity contribution in [3.63, 3.8) is 0 Å². The number of aliphatic hydroxyl groups excluding tert-OH is 1. The maximum atomic E-state index is 12.0. The highest BCUT2D eigenvalue weighted by Crippen LogP contribution is 2.33. The summed E-state index contributed by atoms with van der Waals surface area (Å²) in [6, 6.07) is 5.52. The van der Waals surface area contributed by atoms with Crippen molar-refractivity contribution in [1.29, 1.82) is 0 Å². The molecule has 108 valence electrons. The van der Waals surface area contributed by atoms with Gasteiger partial charge in [-0.3, -0.25) is 4.79 Å². The van der Waals surface area contributed by atoms with Crippen molar-refractivity contribution in [3.05, 3.63) is 24.3 Å². The zero-order valence-corrected chi connectivity index (χ0v) is 10.8. The number of aliphatic hydroxyl groups is 1. The van der Waals surface area contributed by atoms with Crippen LogP contribution in [0.2, 0.25) is 0 Å². The summed E-state index contributed by atoms with van der Waals surface area (Å²) in [4.78, 5) is 22.8. The molecule has 3 N–H and O–H groups in total. The molecule has 0 aromatic heterocycles. The molecule has 0 fully saturated rings. The maximum Gasteiger partial charge on any atom is 0.328 e. The number of nitrogens with one attached hydrogen (secondary N) is 1. The standard InChI is InChI=1S/C13H15NO6/c1-7-11(12(16)14-8(6-15)13(17)18)20-10-5-3-2-4-9(10)19-7/h2-5,7-8,11,15H,6H2,1H3,(H,14,16)(H,17,18)/t7?,8-,11?/m1/s1. The molecule has 0 aliphatic carbocycles. The summed E-state index contributed by atoms with van der Waals surface area (Å²) < 4.78 is 11.1. The summed E-state index contributed by atoms with van der Waals surface area (Å²) in [5.74, 6) is -1.01. The van der Waals surface area contributed by atoms with Crippen molar-refractivity contribution in [3.8, 4) is 11.5 Å². The third-order valence-corrected chi connectivity index (χ3v) is 2.90. The summed E-state index contributed by atoms with van der Waals surface area (Å²) in [5, 5.41) is 19.9. The molecule has 1 aliphatic heterocycles. The highest BCUT2D eigenvalue weighted by Gasteiger charge is 2.35.